The Bertz CT molecular complexity index is 968. The Labute approximate surface area is 162 Å². The Morgan fingerprint density at radius 3 is 2.71 bits per heavy atom. The molecule has 0 spiro atoms. The average Bonchev–Trinajstić information content (AvgIpc) is 3.36. The molecule has 0 radical (unpaired) electrons. The van der Waals surface area contributed by atoms with E-state index in [9.17, 15) is 4.79 Å². The Morgan fingerprint density at radius 1 is 1.18 bits per heavy atom. The SMILES string of the molecule is CCOc1ccccc1N1CC(c2nc(-c3ccc(OC)cc3)no2)CC1=O. The molecule has 1 saturated heterocycles. The van der Waals surface area contributed by atoms with Crippen molar-refractivity contribution in [2.75, 3.05) is 25.2 Å². The molecule has 0 bridgehead atoms. The van der Waals surface area contributed by atoms with Gasteiger partial charge in [0.1, 0.15) is 11.5 Å². The summed E-state index contributed by atoms with van der Waals surface area (Å²) in [6, 6.07) is 15.0. The predicted molar refractivity (Wildman–Crippen MR) is 104 cm³/mol. The molecule has 0 saturated carbocycles. The summed E-state index contributed by atoms with van der Waals surface area (Å²) in [5, 5.41) is 4.07. The van der Waals surface area contributed by atoms with Gasteiger partial charge in [-0.05, 0) is 43.3 Å². The van der Waals surface area contributed by atoms with E-state index in [2.05, 4.69) is 10.1 Å². The second-order valence-electron chi connectivity index (χ2n) is 6.49. The van der Waals surface area contributed by atoms with Gasteiger partial charge in [0.05, 0.1) is 25.3 Å². The first kappa shape index (κ1) is 18.0. The molecule has 4 rings (SSSR count). The van der Waals surface area contributed by atoms with Crippen LogP contribution in [-0.2, 0) is 4.79 Å². The van der Waals surface area contributed by atoms with Crippen molar-refractivity contribution >= 4 is 11.6 Å². The highest BCUT2D eigenvalue weighted by Gasteiger charge is 2.36. The number of carbonyl (C=O) groups is 1. The van der Waals surface area contributed by atoms with Gasteiger partial charge in [0.15, 0.2) is 0 Å². The monoisotopic (exact) mass is 379 g/mol. The number of carbonyl (C=O) groups excluding carboxylic acids is 1. The second kappa shape index (κ2) is 7.72. The lowest BCUT2D eigenvalue weighted by Gasteiger charge is -2.19. The third-order valence-electron chi connectivity index (χ3n) is 4.72. The molecule has 0 aliphatic carbocycles. The van der Waals surface area contributed by atoms with Gasteiger partial charge >= 0.3 is 0 Å². The molecule has 1 amide bonds. The third kappa shape index (κ3) is 3.43. The highest BCUT2D eigenvalue weighted by molar-refractivity contribution is 5.97. The second-order valence-corrected chi connectivity index (χ2v) is 6.49. The van der Waals surface area contributed by atoms with Crippen LogP contribution in [0.2, 0.25) is 0 Å². The molecular formula is C21H21N3O4. The van der Waals surface area contributed by atoms with E-state index < -0.39 is 0 Å². The number of methoxy groups -OCH3 is 1. The number of aromatic nitrogens is 2. The number of nitrogens with zero attached hydrogens (tertiary/aromatic N) is 3. The third-order valence-corrected chi connectivity index (χ3v) is 4.72. The normalized spacial score (nSPS) is 16.4. The molecule has 1 aliphatic rings. The molecule has 1 aliphatic heterocycles. The maximum Gasteiger partial charge on any atom is 0.232 e. The largest absolute Gasteiger partial charge is 0.497 e. The molecule has 28 heavy (non-hydrogen) atoms. The van der Waals surface area contributed by atoms with Crippen molar-refractivity contribution in [1.29, 1.82) is 0 Å². The summed E-state index contributed by atoms with van der Waals surface area (Å²) in [6.07, 6.45) is 0.324. The van der Waals surface area contributed by atoms with Gasteiger partial charge in [0.2, 0.25) is 17.6 Å². The molecule has 2 heterocycles. The predicted octanol–water partition coefficient (Wildman–Crippen LogP) is 3.66. The van der Waals surface area contributed by atoms with Gasteiger partial charge in [-0.2, -0.15) is 4.98 Å². The summed E-state index contributed by atoms with van der Waals surface area (Å²) < 4.78 is 16.3. The standard InChI is InChI=1S/C21H21N3O4/c1-3-27-18-7-5-4-6-17(18)24-13-15(12-19(24)25)21-22-20(23-28-21)14-8-10-16(26-2)11-9-14/h4-11,15H,3,12-13H2,1-2H3. The minimum Gasteiger partial charge on any atom is -0.497 e. The van der Waals surface area contributed by atoms with Crippen LogP contribution in [0.1, 0.15) is 25.2 Å². The Balaban J connectivity index is 1.54. The first-order valence-corrected chi connectivity index (χ1v) is 9.19. The van der Waals surface area contributed by atoms with Crippen LogP contribution in [0, 0.1) is 0 Å². The zero-order chi connectivity index (χ0) is 19.5. The van der Waals surface area contributed by atoms with E-state index in [1.165, 1.54) is 0 Å². The fourth-order valence-corrected chi connectivity index (χ4v) is 3.32. The van der Waals surface area contributed by atoms with Gasteiger partial charge in [0.25, 0.3) is 0 Å². The topological polar surface area (TPSA) is 77.7 Å². The summed E-state index contributed by atoms with van der Waals surface area (Å²) >= 11 is 0. The van der Waals surface area contributed by atoms with Crippen LogP contribution in [-0.4, -0.2) is 36.3 Å². The highest BCUT2D eigenvalue weighted by atomic mass is 16.5. The minimum absolute atomic E-state index is 0.0151. The van der Waals surface area contributed by atoms with Gasteiger partial charge in [-0.25, -0.2) is 0 Å². The molecule has 3 aromatic rings. The molecule has 1 atom stereocenters. The number of hydrogen-bond donors (Lipinski definition) is 0. The van der Waals surface area contributed by atoms with E-state index in [4.69, 9.17) is 14.0 Å². The van der Waals surface area contributed by atoms with Crippen molar-refractivity contribution in [2.24, 2.45) is 0 Å². The lowest BCUT2D eigenvalue weighted by Crippen LogP contribution is -2.25. The zero-order valence-corrected chi connectivity index (χ0v) is 15.8. The van der Waals surface area contributed by atoms with Gasteiger partial charge in [-0.3, -0.25) is 4.79 Å². The number of hydrogen-bond acceptors (Lipinski definition) is 6. The van der Waals surface area contributed by atoms with Crippen molar-refractivity contribution in [3.05, 3.63) is 54.4 Å². The Morgan fingerprint density at radius 2 is 1.96 bits per heavy atom. The van der Waals surface area contributed by atoms with Crippen LogP contribution in [0.25, 0.3) is 11.4 Å². The molecule has 1 unspecified atom stereocenters. The fraction of sp³-hybridized carbons (Fsp3) is 0.286. The quantitative estimate of drug-likeness (QED) is 0.650. The fourth-order valence-electron chi connectivity index (χ4n) is 3.32. The van der Waals surface area contributed by atoms with E-state index in [-0.39, 0.29) is 11.8 Å². The van der Waals surface area contributed by atoms with Crippen molar-refractivity contribution in [3.8, 4) is 22.9 Å². The molecule has 7 nitrogen and oxygen atoms in total. The number of para-hydroxylation sites is 2. The van der Waals surface area contributed by atoms with Crippen LogP contribution in [0.5, 0.6) is 11.5 Å². The molecule has 1 aromatic heterocycles. The number of amides is 1. The summed E-state index contributed by atoms with van der Waals surface area (Å²) in [6.45, 7) is 2.94. The molecule has 0 N–H and O–H groups in total. The van der Waals surface area contributed by atoms with Crippen molar-refractivity contribution < 1.29 is 18.8 Å². The number of anilines is 1. The van der Waals surface area contributed by atoms with Gasteiger partial charge in [-0.15, -0.1) is 0 Å². The van der Waals surface area contributed by atoms with Gasteiger partial charge < -0.3 is 18.9 Å². The average molecular weight is 379 g/mol. The van der Waals surface area contributed by atoms with Gasteiger partial charge in [0, 0.05) is 18.5 Å². The van der Waals surface area contributed by atoms with Crippen LogP contribution >= 0.6 is 0 Å². The van der Waals surface area contributed by atoms with Crippen molar-refractivity contribution in [2.45, 2.75) is 19.3 Å². The van der Waals surface area contributed by atoms with Crippen LogP contribution in [0.15, 0.2) is 53.1 Å². The van der Waals surface area contributed by atoms with E-state index >= 15 is 0 Å². The zero-order valence-electron chi connectivity index (χ0n) is 15.8. The molecule has 2 aromatic carbocycles. The Kier molecular flexibility index (Phi) is 4.97. The maximum atomic E-state index is 12.6. The maximum absolute atomic E-state index is 12.6. The Hall–Kier alpha value is -3.35. The van der Waals surface area contributed by atoms with Crippen LogP contribution in [0.4, 0.5) is 5.69 Å². The minimum atomic E-state index is -0.151. The van der Waals surface area contributed by atoms with Crippen molar-refractivity contribution in [1.82, 2.24) is 10.1 Å². The first-order chi connectivity index (χ1) is 13.7. The molecule has 144 valence electrons. The number of ether oxygens (including phenoxy) is 2. The summed E-state index contributed by atoms with van der Waals surface area (Å²) in [5.74, 6) is 2.29. The van der Waals surface area contributed by atoms with Crippen LogP contribution in [0.3, 0.4) is 0 Å². The van der Waals surface area contributed by atoms with E-state index in [1.54, 1.807) is 12.0 Å². The molecule has 1 fully saturated rings. The number of benzene rings is 2. The van der Waals surface area contributed by atoms with Crippen molar-refractivity contribution in [3.63, 3.8) is 0 Å². The first-order valence-electron chi connectivity index (χ1n) is 9.19. The van der Waals surface area contributed by atoms with Crippen LogP contribution < -0.4 is 14.4 Å². The molecular weight excluding hydrogens is 358 g/mol. The lowest BCUT2D eigenvalue weighted by molar-refractivity contribution is -0.117. The highest BCUT2D eigenvalue weighted by Crippen LogP contribution is 2.36. The smallest absolute Gasteiger partial charge is 0.232 e. The van der Waals surface area contributed by atoms with E-state index in [0.717, 1.165) is 17.0 Å². The van der Waals surface area contributed by atoms with E-state index in [1.807, 2.05) is 55.5 Å². The molecule has 7 heteroatoms. The number of rotatable bonds is 6. The van der Waals surface area contributed by atoms with Gasteiger partial charge in [-0.1, -0.05) is 17.3 Å². The summed E-state index contributed by atoms with van der Waals surface area (Å²) in [5.41, 5.74) is 1.60. The lowest BCUT2D eigenvalue weighted by atomic mass is 10.1. The summed E-state index contributed by atoms with van der Waals surface area (Å²) in [4.78, 5) is 18.9. The summed E-state index contributed by atoms with van der Waals surface area (Å²) in [7, 11) is 1.62. The van der Waals surface area contributed by atoms with E-state index in [0.29, 0.717) is 37.0 Å².